The number of ether oxygens (including phenoxy) is 2. The molecule has 0 radical (unpaired) electrons. The molecule has 136 valence electrons. The number of fused-ring (bicyclic) bond motifs is 3. The summed E-state index contributed by atoms with van der Waals surface area (Å²) in [6, 6.07) is 9.33. The van der Waals surface area contributed by atoms with E-state index in [0.29, 0.717) is 33.3 Å². The van der Waals surface area contributed by atoms with E-state index in [0.717, 1.165) is 0 Å². The Balaban J connectivity index is 1.91. The molecule has 0 saturated heterocycles. The Kier molecular flexibility index (Phi) is 4.40. The maximum atomic E-state index is 13.9. The van der Waals surface area contributed by atoms with Crippen LogP contribution in [0, 0.1) is 5.82 Å². The Morgan fingerprint density at radius 1 is 1.27 bits per heavy atom. The lowest BCUT2D eigenvalue weighted by atomic mass is 10.0. The Bertz CT molecular complexity index is 976. The van der Waals surface area contributed by atoms with Gasteiger partial charge in [0.15, 0.2) is 0 Å². The average molecular weight is 427 g/mol. The van der Waals surface area contributed by atoms with Crippen molar-refractivity contribution in [1.29, 1.82) is 0 Å². The maximum absolute atomic E-state index is 13.9. The molecule has 0 N–H and O–H groups in total. The number of para-hydroxylation sites is 1. The molecule has 2 aromatic carbocycles. The summed E-state index contributed by atoms with van der Waals surface area (Å²) in [5.41, 5.74) is 1.79. The summed E-state index contributed by atoms with van der Waals surface area (Å²) in [7, 11) is 1.56. The number of hydrogen-bond donors (Lipinski definition) is 0. The summed E-state index contributed by atoms with van der Waals surface area (Å²) < 4.78 is 51.9. The van der Waals surface area contributed by atoms with Gasteiger partial charge in [-0.05, 0) is 28.1 Å². The molecule has 0 spiro atoms. The average Bonchev–Trinajstić information content (AvgIpc) is 3.12. The highest BCUT2D eigenvalue weighted by atomic mass is 79.9. The van der Waals surface area contributed by atoms with Gasteiger partial charge in [0.1, 0.15) is 23.5 Å². The topological polar surface area (TPSA) is 36.3 Å². The number of benzene rings is 2. The van der Waals surface area contributed by atoms with Crippen molar-refractivity contribution in [3.8, 4) is 5.75 Å². The lowest BCUT2D eigenvalue weighted by molar-refractivity contribution is -0.0507. The zero-order valence-electron chi connectivity index (χ0n) is 13.6. The molecule has 3 aromatic rings. The fourth-order valence-corrected chi connectivity index (χ4v) is 3.84. The second-order valence-corrected chi connectivity index (χ2v) is 6.84. The van der Waals surface area contributed by atoms with Crippen LogP contribution >= 0.6 is 15.9 Å². The van der Waals surface area contributed by atoms with Gasteiger partial charge in [0, 0.05) is 25.2 Å². The van der Waals surface area contributed by atoms with Crippen LogP contribution in [0.1, 0.15) is 30.0 Å². The van der Waals surface area contributed by atoms with Crippen LogP contribution < -0.4 is 4.74 Å². The van der Waals surface area contributed by atoms with Crippen molar-refractivity contribution in [3.63, 3.8) is 0 Å². The van der Waals surface area contributed by atoms with Gasteiger partial charge in [0.05, 0.1) is 21.5 Å². The van der Waals surface area contributed by atoms with Gasteiger partial charge in [0.25, 0.3) is 0 Å². The first-order valence-corrected chi connectivity index (χ1v) is 8.72. The molecular weight excluding hydrogens is 413 g/mol. The fourth-order valence-electron chi connectivity index (χ4n) is 3.50. The van der Waals surface area contributed by atoms with Crippen molar-refractivity contribution in [3.05, 3.63) is 58.1 Å². The van der Waals surface area contributed by atoms with Gasteiger partial charge in [0.2, 0.25) is 0 Å². The van der Waals surface area contributed by atoms with Gasteiger partial charge < -0.3 is 14.0 Å². The number of imidazole rings is 1. The molecule has 2 atom stereocenters. The third-order valence-electron chi connectivity index (χ3n) is 4.57. The van der Waals surface area contributed by atoms with Gasteiger partial charge in [-0.25, -0.2) is 9.37 Å². The van der Waals surface area contributed by atoms with Crippen molar-refractivity contribution in [2.24, 2.45) is 0 Å². The number of alkyl halides is 2. The van der Waals surface area contributed by atoms with E-state index < -0.39 is 12.4 Å². The highest BCUT2D eigenvalue weighted by molar-refractivity contribution is 9.10. The van der Waals surface area contributed by atoms with E-state index in [-0.39, 0.29) is 17.9 Å². The third kappa shape index (κ3) is 2.77. The molecule has 2 heterocycles. The zero-order valence-corrected chi connectivity index (χ0v) is 15.2. The number of hydrogen-bond acceptors (Lipinski definition) is 3. The van der Waals surface area contributed by atoms with Crippen molar-refractivity contribution in [2.75, 3.05) is 7.11 Å². The minimum Gasteiger partial charge on any atom is -0.434 e. The first-order chi connectivity index (χ1) is 12.5. The second-order valence-electron chi connectivity index (χ2n) is 5.99. The molecule has 1 aliphatic rings. The van der Waals surface area contributed by atoms with E-state index in [4.69, 9.17) is 9.47 Å². The Labute approximate surface area is 155 Å². The van der Waals surface area contributed by atoms with Gasteiger partial charge in [-0.1, -0.05) is 18.2 Å². The molecule has 0 bridgehead atoms. The van der Waals surface area contributed by atoms with E-state index in [2.05, 4.69) is 20.9 Å². The van der Waals surface area contributed by atoms with Crippen molar-refractivity contribution >= 4 is 27.0 Å². The van der Waals surface area contributed by atoms with Crippen LogP contribution in [0.4, 0.5) is 13.2 Å². The molecule has 8 heteroatoms. The normalized spacial score (nSPS) is 19.3. The Morgan fingerprint density at radius 3 is 2.77 bits per heavy atom. The van der Waals surface area contributed by atoms with Crippen LogP contribution in [0.15, 0.2) is 40.9 Å². The smallest absolute Gasteiger partial charge is 0.387 e. The monoisotopic (exact) mass is 426 g/mol. The summed E-state index contributed by atoms with van der Waals surface area (Å²) in [5.74, 6) is 0.330. The molecule has 0 aliphatic carbocycles. The lowest BCUT2D eigenvalue weighted by Gasteiger charge is -2.19. The standard InChI is InChI=1S/C18H14BrF3N2O2/c1-25-16-8-13(9-4-2-3-5-15(9)26-18(21)22)24-14-6-10(19)11(20)7-12(14)23-17(16)24/h2-7,13,16,18H,8H2,1H3/t13-,16-/m1/s1. The number of rotatable bonds is 4. The van der Waals surface area contributed by atoms with Gasteiger partial charge in [-0.15, -0.1) is 0 Å². The van der Waals surface area contributed by atoms with E-state index >= 15 is 0 Å². The first-order valence-electron chi connectivity index (χ1n) is 7.93. The summed E-state index contributed by atoms with van der Waals surface area (Å²) in [6.07, 6.45) is 0.196. The molecule has 0 fully saturated rings. The second kappa shape index (κ2) is 6.59. The Morgan fingerprint density at radius 2 is 2.04 bits per heavy atom. The van der Waals surface area contributed by atoms with Crippen LogP contribution in [0.3, 0.4) is 0 Å². The maximum Gasteiger partial charge on any atom is 0.387 e. The van der Waals surface area contributed by atoms with Crippen molar-refractivity contribution < 1.29 is 22.6 Å². The minimum atomic E-state index is -2.92. The number of aromatic nitrogens is 2. The Hall–Kier alpha value is -2.06. The summed E-state index contributed by atoms with van der Waals surface area (Å²) >= 11 is 3.19. The molecule has 0 saturated carbocycles. The van der Waals surface area contributed by atoms with Gasteiger partial charge >= 0.3 is 6.61 Å². The molecule has 0 unspecified atom stereocenters. The number of halogens is 4. The third-order valence-corrected chi connectivity index (χ3v) is 5.18. The van der Waals surface area contributed by atoms with Gasteiger partial charge in [-0.2, -0.15) is 8.78 Å². The number of nitrogens with zero attached hydrogens (tertiary/aromatic N) is 2. The van der Waals surface area contributed by atoms with Crippen LogP contribution in [-0.4, -0.2) is 23.3 Å². The van der Waals surface area contributed by atoms with Crippen LogP contribution in [0.5, 0.6) is 5.75 Å². The van der Waals surface area contributed by atoms with Crippen molar-refractivity contribution in [1.82, 2.24) is 9.55 Å². The van der Waals surface area contributed by atoms with Crippen LogP contribution in [-0.2, 0) is 4.74 Å². The molecule has 4 rings (SSSR count). The summed E-state index contributed by atoms with van der Waals surface area (Å²) in [5, 5.41) is 0. The highest BCUT2D eigenvalue weighted by Gasteiger charge is 2.37. The van der Waals surface area contributed by atoms with Gasteiger partial charge in [-0.3, -0.25) is 0 Å². The van der Waals surface area contributed by atoms with E-state index in [1.807, 2.05) is 4.57 Å². The van der Waals surface area contributed by atoms with Crippen molar-refractivity contribution in [2.45, 2.75) is 25.2 Å². The van der Waals surface area contributed by atoms with E-state index in [1.54, 1.807) is 31.4 Å². The zero-order chi connectivity index (χ0) is 18.4. The minimum absolute atomic E-state index is 0.109. The molecule has 26 heavy (non-hydrogen) atoms. The predicted molar refractivity (Wildman–Crippen MR) is 93.0 cm³/mol. The predicted octanol–water partition coefficient (Wildman–Crippen LogP) is 5.22. The first kappa shape index (κ1) is 17.4. The lowest BCUT2D eigenvalue weighted by Crippen LogP contribution is -2.10. The quantitative estimate of drug-likeness (QED) is 0.573. The summed E-state index contributed by atoms with van der Waals surface area (Å²) in [4.78, 5) is 4.50. The molecular formula is C18H14BrF3N2O2. The molecule has 0 amide bonds. The highest BCUT2D eigenvalue weighted by Crippen LogP contribution is 2.45. The largest absolute Gasteiger partial charge is 0.434 e. The molecule has 4 nitrogen and oxygen atoms in total. The van der Waals surface area contributed by atoms with E-state index in [1.165, 1.54) is 12.1 Å². The SMILES string of the molecule is CO[C@@H]1C[C@H](c2ccccc2OC(F)F)n2c1nc1cc(F)c(Br)cc12. The number of methoxy groups -OCH3 is 1. The fraction of sp³-hybridized carbons (Fsp3) is 0.278. The molecule has 1 aliphatic heterocycles. The summed E-state index contributed by atoms with van der Waals surface area (Å²) in [6.45, 7) is -2.92. The van der Waals surface area contributed by atoms with Crippen LogP contribution in [0.2, 0.25) is 0 Å². The molecule has 1 aromatic heterocycles. The van der Waals surface area contributed by atoms with Crippen LogP contribution in [0.25, 0.3) is 11.0 Å². The van der Waals surface area contributed by atoms with E-state index in [9.17, 15) is 13.2 Å².